The van der Waals surface area contributed by atoms with Crippen LogP contribution in [0.5, 0.6) is 0 Å². The molecule has 22 heavy (non-hydrogen) atoms. The Bertz CT molecular complexity index is 575. The third kappa shape index (κ3) is 3.79. The van der Waals surface area contributed by atoms with Crippen LogP contribution >= 0.6 is 0 Å². The van der Waals surface area contributed by atoms with Crippen LogP contribution < -0.4 is 0 Å². The van der Waals surface area contributed by atoms with E-state index in [4.69, 9.17) is 5.41 Å². The molecule has 0 radical (unpaired) electrons. The highest BCUT2D eigenvalue weighted by Crippen LogP contribution is 2.37. The number of alkyl halides is 4. The lowest BCUT2D eigenvalue weighted by Gasteiger charge is -2.21. The molecule has 1 aromatic rings. The monoisotopic (exact) mass is 322 g/mol. The minimum atomic E-state index is -4.96. The maximum absolute atomic E-state index is 12.9. The van der Waals surface area contributed by atoms with Crippen molar-refractivity contribution in [2.45, 2.75) is 25.6 Å². The predicted octanol–water partition coefficient (Wildman–Crippen LogP) is 3.34. The summed E-state index contributed by atoms with van der Waals surface area (Å²) in [5, 5.41) is 28.0. The molecule has 0 amide bonds. The molecule has 9 heteroatoms. The van der Waals surface area contributed by atoms with Crippen LogP contribution in [0.3, 0.4) is 0 Å². The first kappa shape index (κ1) is 18.0. The average molecular weight is 322 g/mol. The number of rotatable bonds is 6. The van der Waals surface area contributed by atoms with E-state index in [-0.39, 0.29) is 12.0 Å². The molecule has 0 aliphatic carbocycles. The van der Waals surface area contributed by atoms with Crippen LogP contribution in [0.1, 0.15) is 24.5 Å². The second-order valence-electron chi connectivity index (χ2n) is 4.64. The molecule has 0 heterocycles. The Labute approximate surface area is 123 Å². The van der Waals surface area contributed by atoms with Crippen LogP contribution in [0, 0.1) is 21.4 Å². The summed E-state index contributed by atoms with van der Waals surface area (Å²) in [6, 6.07) is 2.12. The van der Waals surface area contributed by atoms with E-state index in [9.17, 15) is 32.8 Å². The van der Waals surface area contributed by atoms with Crippen LogP contribution in [-0.4, -0.2) is 28.5 Å². The zero-order valence-electron chi connectivity index (χ0n) is 11.5. The first-order valence-electron chi connectivity index (χ1n) is 6.31. The van der Waals surface area contributed by atoms with Crippen molar-refractivity contribution in [3.05, 3.63) is 39.4 Å². The number of nitrogens with one attached hydrogen (secondary N) is 1. The van der Waals surface area contributed by atoms with Gasteiger partial charge in [0.2, 0.25) is 0 Å². The molecule has 2 N–H and O–H groups in total. The normalized spacial score (nSPS) is 14.5. The van der Waals surface area contributed by atoms with Gasteiger partial charge >= 0.3 is 6.18 Å². The minimum absolute atomic E-state index is 0.141. The molecule has 0 bridgehead atoms. The lowest BCUT2D eigenvalue weighted by Crippen LogP contribution is -2.29. The molecule has 1 rings (SSSR count). The van der Waals surface area contributed by atoms with Gasteiger partial charge in [-0.2, -0.15) is 13.2 Å². The second kappa shape index (κ2) is 6.82. The summed E-state index contributed by atoms with van der Waals surface area (Å²) in [6.07, 6.45) is -6.33. The average Bonchev–Trinajstić information content (AvgIpc) is 2.45. The molecule has 0 saturated carbocycles. The molecule has 2 atom stereocenters. The molecular formula is C13H14F4N2O3. The van der Waals surface area contributed by atoms with Gasteiger partial charge < -0.3 is 10.5 Å². The van der Waals surface area contributed by atoms with Gasteiger partial charge in [0.15, 0.2) is 0 Å². The van der Waals surface area contributed by atoms with Gasteiger partial charge in [0.1, 0.15) is 12.2 Å². The summed E-state index contributed by atoms with van der Waals surface area (Å²) in [7, 11) is 0. The molecule has 0 fully saturated rings. The summed E-state index contributed by atoms with van der Waals surface area (Å²) in [4.78, 5) is 9.49. The van der Waals surface area contributed by atoms with Crippen LogP contribution in [0.4, 0.5) is 23.2 Å². The fourth-order valence-electron chi connectivity index (χ4n) is 2.08. The Morgan fingerprint density at radius 3 is 2.45 bits per heavy atom. The van der Waals surface area contributed by atoms with Crippen molar-refractivity contribution in [3.8, 4) is 0 Å². The standard InChI is InChI=1S/C13H14F4N2O3/c1-2-8(11(20)6-14)12(18)7-3-4-10(19(21)22)9(5-7)13(15,16)17/h3-5,8,11,18,20H,2,6H2,1H3. The number of nitro benzene ring substituents is 1. The lowest BCUT2D eigenvalue weighted by molar-refractivity contribution is -0.388. The van der Waals surface area contributed by atoms with E-state index in [1.165, 1.54) is 0 Å². The topological polar surface area (TPSA) is 87.2 Å². The molecule has 122 valence electrons. The first-order chi connectivity index (χ1) is 10.1. The summed E-state index contributed by atoms with van der Waals surface area (Å²) >= 11 is 0. The molecule has 5 nitrogen and oxygen atoms in total. The van der Waals surface area contributed by atoms with E-state index in [1.807, 2.05) is 0 Å². The summed E-state index contributed by atoms with van der Waals surface area (Å²) in [5.41, 5.74) is -3.24. The molecule has 2 unspecified atom stereocenters. The van der Waals surface area contributed by atoms with E-state index in [0.717, 1.165) is 6.07 Å². The molecule has 0 aromatic heterocycles. The van der Waals surface area contributed by atoms with Crippen molar-refractivity contribution in [2.75, 3.05) is 6.67 Å². The predicted molar refractivity (Wildman–Crippen MR) is 70.7 cm³/mol. The maximum atomic E-state index is 12.9. The van der Waals surface area contributed by atoms with Gasteiger partial charge in [0, 0.05) is 17.7 Å². The zero-order valence-corrected chi connectivity index (χ0v) is 11.5. The highest BCUT2D eigenvalue weighted by atomic mass is 19.4. The van der Waals surface area contributed by atoms with Crippen molar-refractivity contribution in [3.63, 3.8) is 0 Å². The Morgan fingerprint density at radius 1 is 1.45 bits per heavy atom. The number of nitro groups is 1. The fourth-order valence-corrected chi connectivity index (χ4v) is 2.08. The maximum Gasteiger partial charge on any atom is 0.423 e. The number of hydrogen-bond acceptors (Lipinski definition) is 4. The van der Waals surface area contributed by atoms with Crippen LogP contribution in [0.25, 0.3) is 0 Å². The quantitative estimate of drug-likeness (QED) is 0.364. The van der Waals surface area contributed by atoms with Crippen molar-refractivity contribution in [2.24, 2.45) is 5.92 Å². The third-order valence-electron chi connectivity index (χ3n) is 3.24. The number of nitrogens with zero attached hydrogens (tertiary/aromatic N) is 1. The largest absolute Gasteiger partial charge is 0.423 e. The molecule has 1 aromatic carbocycles. The van der Waals surface area contributed by atoms with Gasteiger partial charge in [-0.3, -0.25) is 10.1 Å². The number of aliphatic hydroxyl groups is 1. The van der Waals surface area contributed by atoms with Crippen molar-refractivity contribution in [1.82, 2.24) is 0 Å². The Kier molecular flexibility index (Phi) is 5.59. The second-order valence-corrected chi connectivity index (χ2v) is 4.64. The van der Waals surface area contributed by atoms with Gasteiger partial charge in [-0.05, 0) is 24.1 Å². The van der Waals surface area contributed by atoms with E-state index >= 15 is 0 Å². The van der Waals surface area contributed by atoms with Crippen LogP contribution in [0.2, 0.25) is 0 Å². The van der Waals surface area contributed by atoms with Gasteiger partial charge in [-0.1, -0.05) is 6.92 Å². The number of benzene rings is 1. The molecule has 0 aliphatic rings. The smallest absolute Gasteiger partial charge is 0.390 e. The SMILES string of the molecule is CCC(C(=N)c1ccc([N+](=O)[O-])c(C(F)(F)F)c1)C(O)CF. The van der Waals surface area contributed by atoms with Gasteiger partial charge in [-0.25, -0.2) is 4.39 Å². The van der Waals surface area contributed by atoms with E-state index in [2.05, 4.69) is 0 Å². The number of aliphatic hydroxyl groups excluding tert-OH is 1. The van der Waals surface area contributed by atoms with Crippen molar-refractivity contribution >= 4 is 11.4 Å². The third-order valence-corrected chi connectivity index (χ3v) is 3.24. The Morgan fingerprint density at radius 2 is 2.05 bits per heavy atom. The van der Waals surface area contributed by atoms with Crippen LogP contribution in [-0.2, 0) is 6.18 Å². The van der Waals surface area contributed by atoms with Gasteiger partial charge in [-0.15, -0.1) is 0 Å². The minimum Gasteiger partial charge on any atom is -0.390 e. The number of halogens is 4. The Balaban J connectivity index is 3.33. The van der Waals surface area contributed by atoms with E-state index in [1.54, 1.807) is 6.92 Å². The molecule has 0 aliphatic heterocycles. The summed E-state index contributed by atoms with van der Waals surface area (Å²) in [5.74, 6) is -0.993. The molecular weight excluding hydrogens is 308 g/mol. The highest BCUT2D eigenvalue weighted by Gasteiger charge is 2.39. The van der Waals surface area contributed by atoms with Gasteiger partial charge in [0.05, 0.1) is 11.0 Å². The van der Waals surface area contributed by atoms with E-state index < -0.39 is 46.8 Å². The highest BCUT2D eigenvalue weighted by molar-refractivity contribution is 6.00. The number of hydrogen-bond donors (Lipinski definition) is 2. The van der Waals surface area contributed by atoms with Gasteiger partial charge in [0.25, 0.3) is 5.69 Å². The Hall–Kier alpha value is -2.03. The van der Waals surface area contributed by atoms with Crippen molar-refractivity contribution < 1.29 is 27.6 Å². The lowest BCUT2D eigenvalue weighted by atomic mass is 9.89. The molecule has 0 spiro atoms. The van der Waals surface area contributed by atoms with E-state index in [0.29, 0.717) is 12.1 Å². The van der Waals surface area contributed by atoms with Crippen LogP contribution in [0.15, 0.2) is 18.2 Å². The summed E-state index contributed by atoms with van der Waals surface area (Å²) in [6.45, 7) is 0.411. The fraction of sp³-hybridized carbons (Fsp3) is 0.462. The zero-order chi connectivity index (χ0) is 17.1. The van der Waals surface area contributed by atoms with Crippen molar-refractivity contribution in [1.29, 1.82) is 5.41 Å². The summed E-state index contributed by atoms with van der Waals surface area (Å²) < 4.78 is 51.1. The first-order valence-corrected chi connectivity index (χ1v) is 6.31. The molecule has 0 saturated heterocycles.